The molecule has 0 heterocycles. The predicted octanol–water partition coefficient (Wildman–Crippen LogP) is 6.52. The second-order valence-electron chi connectivity index (χ2n) is 6.02. The Hall–Kier alpha value is -3.08. The maximum atomic E-state index is 13.2. The van der Waals surface area contributed by atoms with Gasteiger partial charge in [-0.2, -0.15) is 13.2 Å². The number of halogens is 3. The molecule has 27 heavy (non-hydrogen) atoms. The molecule has 3 aromatic rings. The summed E-state index contributed by atoms with van der Waals surface area (Å²) >= 11 is 0. The lowest BCUT2D eigenvalue weighted by atomic mass is 9.95. The van der Waals surface area contributed by atoms with Crippen LogP contribution in [0.15, 0.2) is 77.8 Å². The Labute approximate surface area is 156 Å². The molecule has 0 bridgehead atoms. The van der Waals surface area contributed by atoms with Gasteiger partial charge in [-0.1, -0.05) is 36.4 Å². The fourth-order valence-electron chi connectivity index (χ4n) is 2.80. The number of rotatable bonds is 4. The van der Waals surface area contributed by atoms with Crippen molar-refractivity contribution in [1.82, 2.24) is 0 Å². The van der Waals surface area contributed by atoms with E-state index < -0.39 is 11.7 Å². The van der Waals surface area contributed by atoms with Gasteiger partial charge in [-0.15, -0.1) is 0 Å². The SMILES string of the molecule is COc1ccc(N=C(C)c2cc(C(F)(F)F)ccc2-c2ccccc2)cc1. The first-order chi connectivity index (χ1) is 12.9. The minimum Gasteiger partial charge on any atom is -0.497 e. The number of nitrogens with zero attached hydrogens (tertiary/aromatic N) is 1. The molecule has 3 aromatic carbocycles. The third-order valence-electron chi connectivity index (χ3n) is 4.19. The van der Waals surface area contributed by atoms with E-state index in [-0.39, 0.29) is 0 Å². The van der Waals surface area contributed by atoms with Gasteiger partial charge >= 0.3 is 6.18 Å². The average molecular weight is 369 g/mol. The number of hydrogen-bond donors (Lipinski definition) is 0. The monoisotopic (exact) mass is 369 g/mol. The molecular formula is C22H18F3NO. The third-order valence-corrected chi connectivity index (χ3v) is 4.19. The molecule has 0 aromatic heterocycles. The number of benzene rings is 3. The van der Waals surface area contributed by atoms with Gasteiger partial charge in [0.1, 0.15) is 5.75 Å². The van der Waals surface area contributed by atoms with Crippen molar-refractivity contribution >= 4 is 11.4 Å². The maximum absolute atomic E-state index is 13.2. The van der Waals surface area contributed by atoms with Crippen molar-refractivity contribution in [2.24, 2.45) is 4.99 Å². The van der Waals surface area contributed by atoms with E-state index in [4.69, 9.17) is 4.74 Å². The zero-order valence-electron chi connectivity index (χ0n) is 14.9. The van der Waals surface area contributed by atoms with Crippen LogP contribution in [0, 0.1) is 0 Å². The lowest BCUT2D eigenvalue weighted by Crippen LogP contribution is -2.08. The zero-order valence-corrected chi connectivity index (χ0v) is 14.9. The molecule has 0 aliphatic carbocycles. The second-order valence-corrected chi connectivity index (χ2v) is 6.02. The van der Waals surface area contributed by atoms with Crippen LogP contribution in [0.2, 0.25) is 0 Å². The summed E-state index contributed by atoms with van der Waals surface area (Å²) < 4.78 is 44.8. The highest BCUT2D eigenvalue weighted by Crippen LogP contribution is 2.34. The van der Waals surface area contributed by atoms with Gasteiger partial charge in [0, 0.05) is 11.3 Å². The molecular weight excluding hydrogens is 351 g/mol. The number of ether oxygens (including phenoxy) is 1. The van der Waals surface area contributed by atoms with E-state index in [2.05, 4.69) is 4.99 Å². The van der Waals surface area contributed by atoms with Gasteiger partial charge in [0.15, 0.2) is 0 Å². The molecule has 0 saturated heterocycles. The summed E-state index contributed by atoms with van der Waals surface area (Å²) in [6, 6.07) is 20.1. The van der Waals surface area contributed by atoms with Gasteiger partial charge in [-0.25, -0.2) is 0 Å². The molecule has 0 N–H and O–H groups in total. The van der Waals surface area contributed by atoms with Crippen LogP contribution >= 0.6 is 0 Å². The molecule has 5 heteroatoms. The van der Waals surface area contributed by atoms with Gasteiger partial charge < -0.3 is 4.74 Å². The van der Waals surface area contributed by atoms with Crippen LogP contribution < -0.4 is 4.74 Å². The molecule has 0 amide bonds. The summed E-state index contributed by atoms with van der Waals surface area (Å²) in [7, 11) is 1.57. The van der Waals surface area contributed by atoms with Crippen molar-refractivity contribution < 1.29 is 17.9 Å². The number of alkyl halides is 3. The molecule has 2 nitrogen and oxygen atoms in total. The van der Waals surface area contributed by atoms with Gasteiger partial charge in [-0.05, 0) is 54.4 Å². The van der Waals surface area contributed by atoms with E-state index in [9.17, 15) is 13.2 Å². The van der Waals surface area contributed by atoms with Crippen molar-refractivity contribution in [3.05, 3.63) is 83.9 Å². The van der Waals surface area contributed by atoms with Crippen LogP contribution in [0.4, 0.5) is 18.9 Å². The largest absolute Gasteiger partial charge is 0.497 e. The minimum absolute atomic E-state index is 0.451. The van der Waals surface area contributed by atoms with Crippen LogP contribution in [-0.4, -0.2) is 12.8 Å². The van der Waals surface area contributed by atoms with Gasteiger partial charge in [0.05, 0.1) is 18.4 Å². The number of methoxy groups -OCH3 is 1. The summed E-state index contributed by atoms with van der Waals surface area (Å²) in [6.45, 7) is 1.71. The topological polar surface area (TPSA) is 21.6 Å². The molecule has 0 unspecified atom stereocenters. The molecule has 138 valence electrons. The Balaban J connectivity index is 2.11. The first-order valence-corrected chi connectivity index (χ1v) is 8.35. The highest BCUT2D eigenvalue weighted by atomic mass is 19.4. The molecule has 0 atom stereocenters. The van der Waals surface area contributed by atoms with Crippen LogP contribution in [-0.2, 0) is 6.18 Å². The number of hydrogen-bond acceptors (Lipinski definition) is 2. The van der Waals surface area contributed by atoms with E-state index >= 15 is 0 Å². The van der Waals surface area contributed by atoms with Crippen molar-refractivity contribution in [3.63, 3.8) is 0 Å². The molecule has 0 aliphatic heterocycles. The molecule has 0 aliphatic rings. The van der Waals surface area contributed by atoms with E-state index in [1.165, 1.54) is 6.07 Å². The van der Waals surface area contributed by atoms with Crippen molar-refractivity contribution in [1.29, 1.82) is 0 Å². The minimum atomic E-state index is -4.41. The van der Waals surface area contributed by atoms with Gasteiger partial charge in [0.2, 0.25) is 0 Å². The summed E-state index contributed by atoms with van der Waals surface area (Å²) in [6.07, 6.45) is -4.41. The highest BCUT2D eigenvalue weighted by molar-refractivity contribution is 6.05. The van der Waals surface area contributed by atoms with Crippen molar-refractivity contribution in [3.8, 4) is 16.9 Å². The van der Waals surface area contributed by atoms with Gasteiger partial charge in [0.25, 0.3) is 0 Å². The normalized spacial score (nSPS) is 12.1. The summed E-state index contributed by atoms with van der Waals surface area (Å²) in [5.74, 6) is 0.690. The van der Waals surface area contributed by atoms with Gasteiger partial charge in [-0.3, -0.25) is 4.99 Å². The fraction of sp³-hybridized carbons (Fsp3) is 0.136. The first kappa shape index (κ1) is 18.7. The standard InChI is InChI=1S/C22H18F3NO/c1-15(26-18-9-11-19(27-2)12-10-18)21-14-17(22(23,24)25)8-13-20(21)16-6-4-3-5-7-16/h3-14H,1-2H3. The molecule has 0 fully saturated rings. The molecule has 0 saturated carbocycles. The Morgan fingerprint density at radius 2 is 1.56 bits per heavy atom. The summed E-state index contributed by atoms with van der Waals surface area (Å²) in [5.41, 5.74) is 2.45. The Bertz CT molecular complexity index is 946. The average Bonchev–Trinajstić information content (AvgIpc) is 2.68. The molecule has 0 spiro atoms. The third kappa shape index (κ3) is 4.37. The highest BCUT2D eigenvalue weighted by Gasteiger charge is 2.31. The van der Waals surface area contributed by atoms with E-state index in [1.807, 2.05) is 30.3 Å². The lowest BCUT2D eigenvalue weighted by molar-refractivity contribution is -0.137. The van der Waals surface area contributed by atoms with E-state index in [1.54, 1.807) is 38.3 Å². The fourth-order valence-corrected chi connectivity index (χ4v) is 2.80. The number of aliphatic imine (C=N–C) groups is 1. The summed E-state index contributed by atoms with van der Waals surface area (Å²) in [4.78, 5) is 4.51. The quantitative estimate of drug-likeness (QED) is 0.480. The van der Waals surface area contributed by atoms with Crippen molar-refractivity contribution in [2.45, 2.75) is 13.1 Å². The van der Waals surface area contributed by atoms with Crippen LogP contribution in [0.1, 0.15) is 18.1 Å². The Morgan fingerprint density at radius 3 is 2.15 bits per heavy atom. The zero-order chi connectivity index (χ0) is 19.4. The van der Waals surface area contributed by atoms with Crippen LogP contribution in [0.5, 0.6) is 5.75 Å². The van der Waals surface area contributed by atoms with Crippen LogP contribution in [0.25, 0.3) is 11.1 Å². The maximum Gasteiger partial charge on any atom is 0.416 e. The Morgan fingerprint density at radius 1 is 0.889 bits per heavy atom. The molecule has 0 radical (unpaired) electrons. The second kappa shape index (κ2) is 7.66. The molecule has 3 rings (SSSR count). The van der Waals surface area contributed by atoms with E-state index in [0.717, 1.165) is 17.7 Å². The summed E-state index contributed by atoms with van der Waals surface area (Å²) in [5, 5.41) is 0. The van der Waals surface area contributed by atoms with E-state index in [0.29, 0.717) is 28.3 Å². The first-order valence-electron chi connectivity index (χ1n) is 8.35. The smallest absolute Gasteiger partial charge is 0.416 e. The predicted molar refractivity (Wildman–Crippen MR) is 102 cm³/mol. The van der Waals surface area contributed by atoms with Crippen LogP contribution in [0.3, 0.4) is 0 Å². The lowest BCUT2D eigenvalue weighted by Gasteiger charge is -2.14. The Kier molecular flexibility index (Phi) is 5.31. The van der Waals surface area contributed by atoms with Crippen molar-refractivity contribution in [2.75, 3.05) is 7.11 Å².